The number of hydrogen-bond acceptors (Lipinski definition) is 4. The molecule has 2 rings (SSSR count). The minimum Gasteiger partial charge on any atom is -0.476 e. The SMILES string of the molecule is CCCc1[nH]c(-c2nc(C(=O)O)c(CCC)[nH]2)nc1C(=O)O. The van der Waals surface area contributed by atoms with Crippen LogP contribution >= 0.6 is 0 Å². The van der Waals surface area contributed by atoms with Gasteiger partial charge in [-0.1, -0.05) is 26.7 Å². The number of aromatic nitrogens is 4. The van der Waals surface area contributed by atoms with Crippen molar-refractivity contribution in [3.63, 3.8) is 0 Å². The maximum atomic E-state index is 11.2. The van der Waals surface area contributed by atoms with Crippen molar-refractivity contribution in [1.82, 2.24) is 19.9 Å². The first-order valence-corrected chi connectivity index (χ1v) is 7.12. The topological polar surface area (TPSA) is 132 Å². The van der Waals surface area contributed by atoms with Crippen LogP contribution in [0.25, 0.3) is 11.6 Å². The van der Waals surface area contributed by atoms with Gasteiger partial charge in [0.1, 0.15) is 0 Å². The fraction of sp³-hybridized carbons (Fsp3) is 0.429. The van der Waals surface area contributed by atoms with Gasteiger partial charge in [-0.3, -0.25) is 0 Å². The zero-order valence-electron chi connectivity index (χ0n) is 12.4. The van der Waals surface area contributed by atoms with Crippen molar-refractivity contribution in [2.24, 2.45) is 0 Å². The predicted octanol–water partition coefficient (Wildman–Crippen LogP) is 2.10. The summed E-state index contributed by atoms with van der Waals surface area (Å²) in [6.45, 7) is 3.86. The third-order valence-corrected chi connectivity index (χ3v) is 3.19. The van der Waals surface area contributed by atoms with Crippen LogP contribution in [0.2, 0.25) is 0 Å². The summed E-state index contributed by atoms with van der Waals surface area (Å²) >= 11 is 0. The molecule has 0 aromatic carbocycles. The molecule has 8 nitrogen and oxygen atoms in total. The Morgan fingerprint density at radius 2 is 1.23 bits per heavy atom. The molecular weight excluding hydrogens is 288 g/mol. The van der Waals surface area contributed by atoms with Gasteiger partial charge in [0.2, 0.25) is 0 Å². The minimum atomic E-state index is -1.12. The van der Waals surface area contributed by atoms with Crippen LogP contribution in [0.3, 0.4) is 0 Å². The molecule has 2 heterocycles. The van der Waals surface area contributed by atoms with Gasteiger partial charge in [0.15, 0.2) is 23.0 Å². The van der Waals surface area contributed by atoms with Crippen molar-refractivity contribution in [3.8, 4) is 11.6 Å². The number of rotatable bonds is 7. The van der Waals surface area contributed by atoms with Crippen LogP contribution < -0.4 is 0 Å². The van der Waals surface area contributed by atoms with Crippen molar-refractivity contribution in [1.29, 1.82) is 0 Å². The molecule has 2 aromatic rings. The van der Waals surface area contributed by atoms with E-state index >= 15 is 0 Å². The Morgan fingerprint density at radius 1 is 0.864 bits per heavy atom. The number of H-pyrrole nitrogens is 2. The van der Waals surface area contributed by atoms with E-state index in [2.05, 4.69) is 19.9 Å². The van der Waals surface area contributed by atoms with Gasteiger partial charge in [-0.05, 0) is 12.8 Å². The first-order valence-electron chi connectivity index (χ1n) is 7.12. The lowest BCUT2D eigenvalue weighted by molar-refractivity contribution is 0.0679. The van der Waals surface area contributed by atoms with Gasteiger partial charge in [0.05, 0.1) is 11.4 Å². The molecule has 2 aromatic heterocycles. The van der Waals surface area contributed by atoms with Gasteiger partial charge in [0.25, 0.3) is 0 Å². The summed E-state index contributed by atoms with van der Waals surface area (Å²) in [5.74, 6) is -1.76. The highest BCUT2D eigenvalue weighted by Gasteiger charge is 2.22. The molecule has 0 saturated carbocycles. The highest BCUT2D eigenvalue weighted by Crippen LogP contribution is 2.20. The summed E-state index contributed by atoms with van der Waals surface area (Å²) < 4.78 is 0. The average Bonchev–Trinajstić information content (AvgIpc) is 3.03. The molecular formula is C14H18N4O4. The highest BCUT2D eigenvalue weighted by atomic mass is 16.4. The summed E-state index contributed by atoms with van der Waals surface area (Å²) in [4.78, 5) is 36.3. The molecule has 0 spiro atoms. The average molecular weight is 306 g/mol. The Bertz CT molecular complexity index is 642. The first kappa shape index (κ1) is 15.7. The summed E-state index contributed by atoms with van der Waals surface area (Å²) in [5.41, 5.74) is 0.912. The number of imidazole rings is 2. The lowest BCUT2D eigenvalue weighted by Crippen LogP contribution is -2.01. The fourth-order valence-electron chi connectivity index (χ4n) is 2.26. The van der Waals surface area contributed by atoms with E-state index in [1.165, 1.54) is 0 Å². The molecule has 0 bridgehead atoms. The maximum Gasteiger partial charge on any atom is 0.356 e. The minimum absolute atomic E-state index is 0.0535. The number of carbonyl (C=O) groups is 2. The number of nitrogens with zero attached hydrogens (tertiary/aromatic N) is 2. The normalized spacial score (nSPS) is 10.8. The van der Waals surface area contributed by atoms with Crippen LogP contribution in [0.15, 0.2) is 0 Å². The zero-order valence-corrected chi connectivity index (χ0v) is 12.4. The van der Waals surface area contributed by atoms with E-state index in [0.717, 1.165) is 12.8 Å². The number of aromatic carboxylic acids is 2. The van der Waals surface area contributed by atoms with E-state index in [4.69, 9.17) is 0 Å². The Morgan fingerprint density at radius 3 is 1.50 bits per heavy atom. The molecule has 0 saturated heterocycles. The second kappa shape index (κ2) is 6.42. The van der Waals surface area contributed by atoms with E-state index < -0.39 is 11.9 Å². The number of carboxylic acid groups (broad SMARTS) is 2. The number of hydrogen-bond donors (Lipinski definition) is 4. The van der Waals surface area contributed by atoms with E-state index in [1.807, 2.05) is 13.8 Å². The van der Waals surface area contributed by atoms with E-state index in [9.17, 15) is 19.8 Å². The largest absolute Gasteiger partial charge is 0.476 e. The molecule has 22 heavy (non-hydrogen) atoms. The molecule has 0 fully saturated rings. The molecule has 0 aliphatic carbocycles. The lowest BCUT2D eigenvalue weighted by atomic mass is 10.2. The number of nitrogens with one attached hydrogen (secondary N) is 2. The molecule has 8 heteroatoms. The highest BCUT2D eigenvalue weighted by molar-refractivity contribution is 5.88. The van der Waals surface area contributed by atoms with Gasteiger partial charge in [0, 0.05) is 0 Å². The smallest absolute Gasteiger partial charge is 0.356 e. The van der Waals surface area contributed by atoms with Crippen LogP contribution in [0, 0.1) is 0 Å². The lowest BCUT2D eigenvalue weighted by Gasteiger charge is -1.94. The van der Waals surface area contributed by atoms with E-state index in [0.29, 0.717) is 24.2 Å². The van der Waals surface area contributed by atoms with Crippen LogP contribution in [0.4, 0.5) is 0 Å². The summed E-state index contributed by atoms with van der Waals surface area (Å²) in [6.07, 6.45) is 2.62. The second-order valence-corrected chi connectivity index (χ2v) is 4.94. The van der Waals surface area contributed by atoms with Crippen LogP contribution in [-0.2, 0) is 12.8 Å². The number of carboxylic acids is 2. The third-order valence-electron chi connectivity index (χ3n) is 3.19. The molecule has 0 unspecified atom stereocenters. The number of aryl methyl sites for hydroxylation is 2. The maximum absolute atomic E-state index is 11.2. The van der Waals surface area contributed by atoms with Crippen molar-refractivity contribution in [2.75, 3.05) is 0 Å². The third kappa shape index (κ3) is 3.00. The van der Waals surface area contributed by atoms with Gasteiger partial charge >= 0.3 is 11.9 Å². The summed E-state index contributed by atoms with van der Waals surface area (Å²) in [6, 6.07) is 0. The Balaban J connectivity index is 2.47. The monoisotopic (exact) mass is 306 g/mol. The van der Waals surface area contributed by atoms with Crippen molar-refractivity contribution in [3.05, 3.63) is 22.8 Å². The van der Waals surface area contributed by atoms with Crippen LogP contribution in [0.5, 0.6) is 0 Å². The molecule has 118 valence electrons. The fourth-order valence-corrected chi connectivity index (χ4v) is 2.26. The number of aromatic amines is 2. The van der Waals surface area contributed by atoms with Crippen molar-refractivity contribution in [2.45, 2.75) is 39.5 Å². The Kier molecular flexibility index (Phi) is 4.59. The van der Waals surface area contributed by atoms with E-state index in [1.54, 1.807) is 0 Å². The van der Waals surface area contributed by atoms with Crippen molar-refractivity contribution >= 4 is 11.9 Å². The predicted molar refractivity (Wildman–Crippen MR) is 78.1 cm³/mol. The summed E-state index contributed by atoms with van der Waals surface area (Å²) in [7, 11) is 0. The zero-order chi connectivity index (χ0) is 16.3. The molecule has 0 radical (unpaired) electrons. The van der Waals surface area contributed by atoms with Gasteiger partial charge in [-0.25, -0.2) is 19.6 Å². The molecule has 0 amide bonds. The second-order valence-electron chi connectivity index (χ2n) is 4.94. The molecule has 0 aliphatic rings. The molecule has 0 atom stereocenters. The quantitative estimate of drug-likeness (QED) is 0.619. The molecule has 0 aliphatic heterocycles. The van der Waals surface area contributed by atoms with Gasteiger partial charge < -0.3 is 20.2 Å². The first-order chi connectivity index (χ1) is 10.5. The van der Waals surface area contributed by atoms with Crippen molar-refractivity contribution < 1.29 is 19.8 Å². The van der Waals surface area contributed by atoms with Crippen LogP contribution in [-0.4, -0.2) is 42.1 Å². The van der Waals surface area contributed by atoms with Gasteiger partial charge in [-0.2, -0.15) is 0 Å². The standard InChI is InChI=1S/C14H18N4O4/c1-3-5-7-9(13(19)20)17-11(15-7)12-16-8(6-4-2)10(18-12)14(21)22/h3-6H2,1-2H3,(H,15,17)(H,16,18)(H,19,20)(H,21,22). The Hall–Kier alpha value is -2.64. The van der Waals surface area contributed by atoms with E-state index in [-0.39, 0.29) is 23.0 Å². The Labute approximate surface area is 126 Å². The van der Waals surface area contributed by atoms with Gasteiger partial charge in [-0.15, -0.1) is 0 Å². The molecule has 4 N–H and O–H groups in total. The van der Waals surface area contributed by atoms with Crippen LogP contribution in [0.1, 0.15) is 59.1 Å². The summed E-state index contributed by atoms with van der Waals surface area (Å²) in [5, 5.41) is 18.4.